The highest BCUT2D eigenvalue weighted by Gasteiger charge is 2.49. The molecule has 2 rings (SSSR count). The molecule has 2 nitrogen and oxygen atoms in total. The third-order valence-corrected chi connectivity index (χ3v) is 2.14. The number of epoxide rings is 1. The smallest absolute Gasteiger partial charge is 0.0891 e. The summed E-state index contributed by atoms with van der Waals surface area (Å²) in [5.41, 5.74) is 0. The first-order valence-electron chi connectivity index (χ1n) is 3.18. The molecule has 1 saturated carbocycles. The van der Waals surface area contributed by atoms with Gasteiger partial charge in [-0.05, 0) is 12.8 Å². The van der Waals surface area contributed by atoms with Crippen LogP contribution in [0.2, 0.25) is 0 Å². The van der Waals surface area contributed by atoms with Crippen LogP contribution < -0.4 is 0 Å². The largest absolute Gasteiger partial charge is 0.396 e. The van der Waals surface area contributed by atoms with Crippen molar-refractivity contribution in [1.29, 1.82) is 0 Å². The lowest BCUT2D eigenvalue weighted by Gasteiger charge is -2.02. The molecular weight excluding hydrogens is 104 g/mol. The highest BCUT2D eigenvalue weighted by molar-refractivity contribution is 4.96. The van der Waals surface area contributed by atoms with Crippen LogP contribution in [0.4, 0.5) is 0 Å². The van der Waals surface area contributed by atoms with Gasteiger partial charge in [0.1, 0.15) is 0 Å². The molecule has 2 heteroatoms. The molecule has 0 spiro atoms. The molecule has 2 aliphatic rings. The molecule has 1 saturated heterocycles. The SMILES string of the molecule is OC[C@H]1CC[C@H]2O[C@@H]12. The fourth-order valence-corrected chi connectivity index (χ4v) is 1.54. The van der Waals surface area contributed by atoms with Gasteiger partial charge in [-0.25, -0.2) is 0 Å². The van der Waals surface area contributed by atoms with Crippen molar-refractivity contribution < 1.29 is 9.84 Å². The average molecular weight is 114 g/mol. The summed E-state index contributed by atoms with van der Waals surface area (Å²) in [4.78, 5) is 0. The summed E-state index contributed by atoms with van der Waals surface area (Å²) >= 11 is 0. The van der Waals surface area contributed by atoms with Crippen molar-refractivity contribution in [2.24, 2.45) is 5.92 Å². The lowest BCUT2D eigenvalue weighted by atomic mass is 10.1. The van der Waals surface area contributed by atoms with Gasteiger partial charge in [0.25, 0.3) is 0 Å². The Kier molecular flexibility index (Phi) is 0.866. The second-order valence-corrected chi connectivity index (χ2v) is 2.66. The predicted octanol–water partition coefficient (Wildman–Crippen LogP) is 0.156. The quantitative estimate of drug-likeness (QED) is 0.492. The van der Waals surface area contributed by atoms with E-state index in [2.05, 4.69) is 0 Å². The van der Waals surface area contributed by atoms with Crippen LogP contribution in [0.5, 0.6) is 0 Å². The summed E-state index contributed by atoms with van der Waals surface area (Å²) in [6.45, 7) is 0.321. The van der Waals surface area contributed by atoms with Crippen LogP contribution in [-0.2, 0) is 4.74 Å². The van der Waals surface area contributed by atoms with Crippen LogP contribution in [0, 0.1) is 5.92 Å². The molecule has 0 radical (unpaired) electrons. The van der Waals surface area contributed by atoms with E-state index in [-0.39, 0.29) is 0 Å². The van der Waals surface area contributed by atoms with E-state index < -0.39 is 0 Å². The van der Waals surface area contributed by atoms with Crippen LogP contribution in [0.3, 0.4) is 0 Å². The van der Waals surface area contributed by atoms with Gasteiger partial charge in [-0.1, -0.05) is 0 Å². The second-order valence-electron chi connectivity index (χ2n) is 2.66. The summed E-state index contributed by atoms with van der Waals surface area (Å²) < 4.78 is 5.20. The standard InChI is InChI=1S/C6H10O2/c7-3-4-1-2-5-6(4)8-5/h4-7H,1-3H2/t4-,5-,6+/m1/s1. The number of ether oxygens (including phenoxy) is 1. The van der Waals surface area contributed by atoms with Crippen LogP contribution in [-0.4, -0.2) is 23.9 Å². The molecule has 0 aromatic heterocycles. The van der Waals surface area contributed by atoms with Gasteiger partial charge in [0.05, 0.1) is 12.2 Å². The second kappa shape index (κ2) is 1.45. The minimum atomic E-state index is 0.321. The van der Waals surface area contributed by atoms with Gasteiger partial charge >= 0.3 is 0 Å². The van der Waals surface area contributed by atoms with Crippen molar-refractivity contribution in [3.63, 3.8) is 0 Å². The van der Waals surface area contributed by atoms with Gasteiger partial charge in [-0.3, -0.25) is 0 Å². The number of hydrogen-bond donors (Lipinski definition) is 1. The third-order valence-electron chi connectivity index (χ3n) is 2.14. The zero-order chi connectivity index (χ0) is 5.56. The summed E-state index contributed by atoms with van der Waals surface area (Å²) in [6, 6.07) is 0. The van der Waals surface area contributed by atoms with Gasteiger partial charge in [0.2, 0.25) is 0 Å². The third kappa shape index (κ3) is 0.501. The van der Waals surface area contributed by atoms with E-state index in [1.165, 1.54) is 12.8 Å². The maximum atomic E-state index is 8.68. The van der Waals surface area contributed by atoms with Gasteiger partial charge in [0, 0.05) is 12.5 Å². The summed E-state index contributed by atoms with van der Waals surface area (Å²) in [5, 5.41) is 8.68. The molecule has 0 aromatic rings. The van der Waals surface area contributed by atoms with E-state index in [1.54, 1.807) is 0 Å². The molecule has 0 amide bonds. The number of hydrogen-bond acceptors (Lipinski definition) is 2. The van der Waals surface area contributed by atoms with Crippen LogP contribution in [0.1, 0.15) is 12.8 Å². The van der Waals surface area contributed by atoms with E-state index in [0.717, 1.165) is 0 Å². The van der Waals surface area contributed by atoms with Crippen molar-refractivity contribution >= 4 is 0 Å². The van der Waals surface area contributed by atoms with E-state index in [4.69, 9.17) is 9.84 Å². The summed E-state index contributed by atoms with van der Waals surface area (Å²) in [7, 11) is 0. The molecule has 1 heterocycles. The number of fused-ring (bicyclic) bond motifs is 1. The number of aliphatic hydroxyl groups excluding tert-OH is 1. The first-order chi connectivity index (χ1) is 3.92. The zero-order valence-electron chi connectivity index (χ0n) is 4.71. The molecule has 1 aliphatic heterocycles. The zero-order valence-corrected chi connectivity index (χ0v) is 4.71. The van der Waals surface area contributed by atoms with Crippen molar-refractivity contribution in [3.8, 4) is 0 Å². The Hall–Kier alpha value is -0.0800. The van der Waals surface area contributed by atoms with Gasteiger partial charge in [0.15, 0.2) is 0 Å². The predicted molar refractivity (Wildman–Crippen MR) is 28.5 cm³/mol. The summed E-state index contributed by atoms with van der Waals surface area (Å²) in [5.74, 6) is 0.472. The fraction of sp³-hybridized carbons (Fsp3) is 1.00. The summed E-state index contributed by atoms with van der Waals surface area (Å²) in [6.07, 6.45) is 3.33. The number of aliphatic hydroxyl groups is 1. The van der Waals surface area contributed by atoms with E-state index in [0.29, 0.717) is 24.7 Å². The Balaban J connectivity index is 1.97. The maximum Gasteiger partial charge on any atom is 0.0891 e. The van der Waals surface area contributed by atoms with Crippen LogP contribution in [0.25, 0.3) is 0 Å². The number of rotatable bonds is 1. The minimum absolute atomic E-state index is 0.321. The molecule has 2 fully saturated rings. The maximum absolute atomic E-state index is 8.68. The molecule has 1 N–H and O–H groups in total. The van der Waals surface area contributed by atoms with Crippen molar-refractivity contribution in [2.45, 2.75) is 25.0 Å². The topological polar surface area (TPSA) is 32.8 Å². The Labute approximate surface area is 48.5 Å². The lowest BCUT2D eigenvalue weighted by molar-refractivity contribution is 0.174. The molecule has 3 atom stereocenters. The highest BCUT2D eigenvalue weighted by Crippen LogP contribution is 2.42. The van der Waals surface area contributed by atoms with Crippen LogP contribution in [0.15, 0.2) is 0 Å². The van der Waals surface area contributed by atoms with E-state index >= 15 is 0 Å². The molecule has 46 valence electrons. The normalized spacial score (nSPS) is 51.4. The van der Waals surface area contributed by atoms with Gasteiger partial charge in [-0.15, -0.1) is 0 Å². The van der Waals surface area contributed by atoms with Gasteiger partial charge < -0.3 is 9.84 Å². The Bertz CT molecular complexity index is 103. The highest BCUT2D eigenvalue weighted by atomic mass is 16.6. The molecule has 0 aromatic carbocycles. The van der Waals surface area contributed by atoms with Crippen molar-refractivity contribution in [3.05, 3.63) is 0 Å². The lowest BCUT2D eigenvalue weighted by Crippen LogP contribution is -2.07. The minimum Gasteiger partial charge on any atom is -0.396 e. The molecule has 8 heavy (non-hydrogen) atoms. The molecular formula is C6H10O2. The Morgan fingerprint density at radius 1 is 1.50 bits per heavy atom. The van der Waals surface area contributed by atoms with Crippen LogP contribution >= 0.6 is 0 Å². The first kappa shape index (κ1) is 4.77. The monoisotopic (exact) mass is 114 g/mol. The average Bonchev–Trinajstić information content (AvgIpc) is 2.46. The van der Waals surface area contributed by atoms with Crippen molar-refractivity contribution in [1.82, 2.24) is 0 Å². The van der Waals surface area contributed by atoms with Gasteiger partial charge in [-0.2, -0.15) is 0 Å². The molecule has 0 unspecified atom stereocenters. The van der Waals surface area contributed by atoms with E-state index in [1.807, 2.05) is 0 Å². The van der Waals surface area contributed by atoms with Crippen molar-refractivity contribution in [2.75, 3.05) is 6.61 Å². The molecule has 0 bridgehead atoms. The van der Waals surface area contributed by atoms with E-state index in [9.17, 15) is 0 Å². The fourth-order valence-electron chi connectivity index (χ4n) is 1.54. The first-order valence-corrected chi connectivity index (χ1v) is 3.18. The Morgan fingerprint density at radius 2 is 2.38 bits per heavy atom. The Morgan fingerprint density at radius 3 is 2.62 bits per heavy atom. The molecule has 1 aliphatic carbocycles.